The van der Waals surface area contributed by atoms with Crippen LogP contribution in [0.2, 0.25) is 0 Å². The molecule has 0 aromatic heterocycles. The van der Waals surface area contributed by atoms with Gasteiger partial charge in [-0.05, 0) is 62.4 Å². The van der Waals surface area contributed by atoms with Gasteiger partial charge in [0.05, 0.1) is 0 Å². The summed E-state index contributed by atoms with van der Waals surface area (Å²) in [6, 6.07) is 3.72. The van der Waals surface area contributed by atoms with Crippen LogP contribution in [0.15, 0.2) is 12.1 Å². The Morgan fingerprint density at radius 3 is 2.32 bits per heavy atom. The number of unbranched alkanes of at least 4 members (excludes halogenated alkanes) is 1. The topological polar surface area (TPSA) is 35.2 Å². The molecule has 0 bridgehead atoms. The molecule has 0 aliphatic heterocycles. The average molecular weight is 273 g/mol. The smallest absolute Gasteiger partial charge is 0.387 e. The number of hydrogen-bond acceptors (Lipinski definition) is 2. The first-order valence-corrected chi connectivity index (χ1v) is 6.79. The normalized spacial score (nSPS) is 10.1. The Hall–Kier alpha value is -1.16. The maximum Gasteiger partial charge on any atom is 0.387 e. The first kappa shape index (κ1) is 17.8. The van der Waals surface area contributed by atoms with Crippen molar-refractivity contribution < 1.29 is 13.5 Å². The standard InChI is InChI=1S/C13H19F2NO.C2H6/c1-9-7-11(5-3-4-6-16)8-12(10(9)2)17-13(14)15;1-2/h7-8,13H,3-6,16H2,1-2H3;1-2H3. The zero-order valence-electron chi connectivity index (χ0n) is 12.3. The number of aryl methyl sites for hydroxylation is 2. The van der Waals surface area contributed by atoms with E-state index >= 15 is 0 Å². The lowest BCUT2D eigenvalue weighted by Gasteiger charge is -2.12. The zero-order chi connectivity index (χ0) is 14.8. The molecule has 0 atom stereocenters. The van der Waals surface area contributed by atoms with Crippen molar-refractivity contribution in [2.75, 3.05) is 6.54 Å². The second-order valence-electron chi connectivity index (χ2n) is 4.16. The van der Waals surface area contributed by atoms with Crippen LogP contribution in [0.25, 0.3) is 0 Å². The van der Waals surface area contributed by atoms with Crippen LogP contribution in [-0.2, 0) is 6.42 Å². The van der Waals surface area contributed by atoms with Gasteiger partial charge in [0, 0.05) is 0 Å². The van der Waals surface area contributed by atoms with Gasteiger partial charge in [-0.15, -0.1) is 0 Å². The third-order valence-corrected chi connectivity index (χ3v) is 2.82. The van der Waals surface area contributed by atoms with Crippen LogP contribution in [-0.4, -0.2) is 13.2 Å². The molecule has 2 nitrogen and oxygen atoms in total. The summed E-state index contributed by atoms with van der Waals surface area (Å²) in [4.78, 5) is 0. The van der Waals surface area contributed by atoms with E-state index in [1.165, 1.54) is 0 Å². The number of benzene rings is 1. The minimum absolute atomic E-state index is 0.280. The second-order valence-corrected chi connectivity index (χ2v) is 4.16. The van der Waals surface area contributed by atoms with Crippen LogP contribution in [0, 0.1) is 13.8 Å². The summed E-state index contributed by atoms with van der Waals surface area (Å²) in [6.07, 6.45) is 2.75. The van der Waals surface area contributed by atoms with Gasteiger partial charge in [-0.25, -0.2) is 0 Å². The zero-order valence-corrected chi connectivity index (χ0v) is 12.3. The summed E-state index contributed by atoms with van der Waals surface area (Å²) < 4.78 is 29.0. The largest absolute Gasteiger partial charge is 0.435 e. The highest BCUT2D eigenvalue weighted by molar-refractivity contribution is 5.42. The first-order chi connectivity index (χ1) is 9.04. The Morgan fingerprint density at radius 2 is 1.79 bits per heavy atom. The maximum atomic E-state index is 12.2. The summed E-state index contributed by atoms with van der Waals surface area (Å²) in [7, 11) is 0. The van der Waals surface area contributed by atoms with Crippen LogP contribution in [0.4, 0.5) is 8.78 Å². The quantitative estimate of drug-likeness (QED) is 0.788. The monoisotopic (exact) mass is 273 g/mol. The highest BCUT2D eigenvalue weighted by Gasteiger charge is 2.10. The fourth-order valence-electron chi connectivity index (χ4n) is 1.74. The molecule has 0 radical (unpaired) electrons. The molecule has 4 heteroatoms. The van der Waals surface area contributed by atoms with E-state index in [4.69, 9.17) is 5.73 Å². The molecule has 0 spiro atoms. The molecule has 19 heavy (non-hydrogen) atoms. The molecule has 110 valence electrons. The van der Waals surface area contributed by atoms with E-state index in [1.54, 1.807) is 13.0 Å². The van der Waals surface area contributed by atoms with Gasteiger partial charge in [0.15, 0.2) is 0 Å². The van der Waals surface area contributed by atoms with E-state index in [1.807, 2.05) is 26.8 Å². The molecule has 0 amide bonds. The van der Waals surface area contributed by atoms with Gasteiger partial charge in [0.1, 0.15) is 5.75 Å². The Bertz CT molecular complexity index is 367. The van der Waals surface area contributed by atoms with Crippen molar-refractivity contribution in [2.45, 2.75) is 53.6 Å². The number of alkyl halides is 2. The minimum Gasteiger partial charge on any atom is -0.435 e. The van der Waals surface area contributed by atoms with E-state index in [9.17, 15) is 8.78 Å². The molecule has 0 saturated heterocycles. The van der Waals surface area contributed by atoms with Gasteiger partial charge < -0.3 is 10.5 Å². The first-order valence-electron chi connectivity index (χ1n) is 6.79. The third kappa shape index (κ3) is 6.53. The Kier molecular flexibility index (Phi) is 9.13. The second kappa shape index (κ2) is 9.73. The third-order valence-electron chi connectivity index (χ3n) is 2.82. The molecule has 0 unspecified atom stereocenters. The number of nitrogens with two attached hydrogens (primary N) is 1. The molecule has 0 aliphatic rings. The summed E-state index contributed by atoms with van der Waals surface area (Å²) in [5.74, 6) is 0.280. The van der Waals surface area contributed by atoms with Crippen molar-refractivity contribution in [1.82, 2.24) is 0 Å². The van der Waals surface area contributed by atoms with Crippen LogP contribution in [0.3, 0.4) is 0 Å². The van der Waals surface area contributed by atoms with Crippen molar-refractivity contribution >= 4 is 0 Å². The lowest BCUT2D eigenvalue weighted by atomic mass is 10.0. The lowest BCUT2D eigenvalue weighted by Crippen LogP contribution is -2.05. The molecule has 1 aromatic rings. The molecule has 1 rings (SSSR count). The molecular formula is C15H25F2NO. The van der Waals surface area contributed by atoms with Crippen molar-refractivity contribution in [3.63, 3.8) is 0 Å². The van der Waals surface area contributed by atoms with E-state index in [0.29, 0.717) is 6.54 Å². The van der Waals surface area contributed by atoms with Gasteiger partial charge >= 0.3 is 6.61 Å². The van der Waals surface area contributed by atoms with Gasteiger partial charge in [-0.2, -0.15) is 8.78 Å². The summed E-state index contributed by atoms with van der Waals surface area (Å²) in [5.41, 5.74) is 8.19. The van der Waals surface area contributed by atoms with Crippen molar-refractivity contribution in [2.24, 2.45) is 5.73 Å². The van der Waals surface area contributed by atoms with Crippen LogP contribution < -0.4 is 10.5 Å². The minimum atomic E-state index is -2.77. The van der Waals surface area contributed by atoms with Crippen LogP contribution in [0.5, 0.6) is 5.75 Å². The van der Waals surface area contributed by atoms with Crippen LogP contribution in [0.1, 0.15) is 43.4 Å². The number of rotatable bonds is 6. The molecule has 2 N–H and O–H groups in total. The van der Waals surface area contributed by atoms with E-state index in [2.05, 4.69) is 4.74 Å². The molecule has 1 aromatic carbocycles. The summed E-state index contributed by atoms with van der Waals surface area (Å²) in [5, 5.41) is 0. The lowest BCUT2D eigenvalue weighted by molar-refractivity contribution is -0.0503. The SMILES string of the molecule is CC.Cc1cc(CCCCN)cc(OC(F)F)c1C. The van der Waals surface area contributed by atoms with Crippen LogP contribution >= 0.6 is 0 Å². The Balaban J connectivity index is 0.00000154. The fraction of sp³-hybridized carbons (Fsp3) is 0.600. The Morgan fingerprint density at radius 1 is 1.16 bits per heavy atom. The predicted molar refractivity (Wildman–Crippen MR) is 75.9 cm³/mol. The highest BCUT2D eigenvalue weighted by Crippen LogP contribution is 2.26. The van der Waals surface area contributed by atoms with Gasteiger partial charge in [0.2, 0.25) is 0 Å². The molecule has 0 aliphatic carbocycles. The van der Waals surface area contributed by atoms with E-state index in [0.717, 1.165) is 36.0 Å². The van der Waals surface area contributed by atoms with E-state index in [-0.39, 0.29) is 5.75 Å². The highest BCUT2D eigenvalue weighted by atomic mass is 19.3. The van der Waals surface area contributed by atoms with Crippen molar-refractivity contribution in [1.29, 1.82) is 0 Å². The number of ether oxygens (including phenoxy) is 1. The molecule has 0 heterocycles. The summed E-state index contributed by atoms with van der Waals surface area (Å²) >= 11 is 0. The Labute approximate surface area is 115 Å². The molecule has 0 fully saturated rings. The summed E-state index contributed by atoms with van der Waals surface area (Å²) in [6.45, 7) is 5.58. The molecule has 0 saturated carbocycles. The predicted octanol–water partition coefficient (Wildman–Crippen LogP) is 4.21. The molecular weight excluding hydrogens is 248 g/mol. The maximum absolute atomic E-state index is 12.2. The van der Waals surface area contributed by atoms with E-state index < -0.39 is 6.61 Å². The number of halogens is 2. The number of hydrogen-bond donors (Lipinski definition) is 1. The van der Waals surface area contributed by atoms with Gasteiger partial charge in [-0.3, -0.25) is 0 Å². The average Bonchev–Trinajstić information content (AvgIpc) is 2.37. The van der Waals surface area contributed by atoms with Crippen molar-refractivity contribution in [3.8, 4) is 5.75 Å². The fourth-order valence-corrected chi connectivity index (χ4v) is 1.74. The van der Waals surface area contributed by atoms with Gasteiger partial charge in [-0.1, -0.05) is 19.9 Å². The van der Waals surface area contributed by atoms with Crippen molar-refractivity contribution in [3.05, 3.63) is 28.8 Å². The van der Waals surface area contributed by atoms with Gasteiger partial charge in [0.25, 0.3) is 0 Å².